The lowest BCUT2D eigenvalue weighted by Crippen LogP contribution is -2.23. The summed E-state index contributed by atoms with van der Waals surface area (Å²) < 4.78 is 0. The van der Waals surface area contributed by atoms with E-state index in [0.717, 1.165) is 18.5 Å². The van der Waals surface area contributed by atoms with Crippen LogP contribution in [0.15, 0.2) is 54.9 Å². The summed E-state index contributed by atoms with van der Waals surface area (Å²) in [5.41, 5.74) is 2.36. The fourth-order valence-corrected chi connectivity index (χ4v) is 2.28. The Bertz CT molecular complexity index is 504. The quantitative estimate of drug-likeness (QED) is 0.731. The van der Waals surface area contributed by atoms with Gasteiger partial charge in [-0.15, -0.1) is 0 Å². The van der Waals surface area contributed by atoms with Crippen molar-refractivity contribution in [3.05, 3.63) is 66.0 Å². The molecule has 0 spiro atoms. The molecule has 2 rings (SSSR count). The van der Waals surface area contributed by atoms with Crippen LogP contribution in [-0.4, -0.2) is 22.6 Å². The number of aliphatic carboxylic acids is 1. The summed E-state index contributed by atoms with van der Waals surface area (Å²) in [7, 11) is 0. The van der Waals surface area contributed by atoms with E-state index in [1.54, 1.807) is 12.4 Å². The second-order valence-electron chi connectivity index (χ2n) is 4.93. The van der Waals surface area contributed by atoms with Crippen LogP contribution in [0.3, 0.4) is 0 Å². The largest absolute Gasteiger partial charge is 0.481 e. The number of hydrogen-bond donors (Lipinski definition) is 2. The van der Waals surface area contributed by atoms with E-state index in [0.29, 0.717) is 6.42 Å². The third-order valence-electron chi connectivity index (χ3n) is 3.34. The van der Waals surface area contributed by atoms with Gasteiger partial charge in [0.1, 0.15) is 0 Å². The standard InChI is InChI=1S/C17H20N2O2/c20-16(21)8-4-5-11-19-17(14-6-2-1-3-7-14)15-9-12-18-13-10-15/h1-3,6-7,9-10,12-13,17,19H,4-5,8,11H2,(H,20,21). The fraction of sp³-hybridized carbons (Fsp3) is 0.294. The number of nitrogens with one attached hydrogen (secondary N) is 1. The van der Waals surface area contributed by atoms with E-state index >= 15 is 0 Å². The van der Waals surface area contributed by atoms with Gasteiger partial charge in [0.2, 0.25) is 0 Å². The van der Waals surface area contributed by atoms with Gasteiger partial charge in [-0.05, 0) is 42.6 Å². The van der Waals surface area contributed by atoms with Crippen LogP contribution in [0.4, 0.5) is 0 Å². The number of pyridine rings is 1. The molecule has 0 radical (unpaired) electrons. The van der Waals surface area contributed by atoms with Gasteiger partial charge in [0.15, 0.2) is 0 Å². The van der Waals surface area contributed by atoms with E-state index in [9.17, 15) is 4.79 Å². The Balaban J connectivity index is 1.99. The predicted octanol–water partition coefficient (Wildman–Crippen LogP) is 3.02. The van der Waals surface area contributed by atoms with Gasteiger partial charge in [-0.25, -0.2) is 0 Å². The zero-order valence-electron chi connectivity index (χ0n) is 11.9. The zero-order chi connectivity index (χ0) is 14.9. The molecule has 0 aliphatic heterocycles. The molecule has 110 valence electrons. The highest BCUT2D eigenvalue weighted by Crippen LogP contribution is 2.21. The summed E-state index contributed by atoms with van der Waals surface area (Å²) in [6.45, 7) is 0.787. The summed E-state index contributed by atoms with van der Waals surface area (Å²) in [5, 5.41) is 12.2. The van der Waals surface area contributed by atoms with Gasteiger partial charge in [-0.1, -0.05) is 30.3 Å². The first-order chi connectivity index (χ1) is 10.3. The molecule has 0 fully saturated rings. The van der Waals surface area contributed by atoms with Crippen molar-refractivity contribution < 1.29 is 9.90 Å². The van der Waals surface area contributed by atoms with E-state index in [1.165, 1.54) is 5.56 Å². The molecule has 0 amide bonds. The van der Waals surface area contributed by atoms with Crippen LogP contribution in [0.2, 0.25) is 0 Å². The molecule has 1 aromatic carbocycles. The molecule has 1 aromatic heterocycles. The van der Waals surface area contributed by atoms with Gasteiger partial charge in [0.05, 0.1) is 6.04 Å². The number of hydrogen-bond acceptors (Lipinski definition) is 3. The van der Waals surface area contributed by atoms with Crippen LogP contribution in [0.25, 0.3) is 0 Å². The Labute approximate surface area is 124 Å². The van der Waals surface area contributed by atoms with Crippen molar-refractivity contribution in [3.8, 4) is 0 Å². The smallest absolute Gasteiger partial charge is 0.303 e. The highest BCUT2D eigenvalue weighted by atomic mass is 16.4. The van der Waals surface area contributed by atoms with Crippen LogP contribution in [-0.2, 0) is 4.79 Å². The van der Waals surface area contributed by atoms with E-state index in [1.807, 2.05) is 30.3 Å². The number of carbonyl (C=O) groups is 1. The zero-order valence-corrected chi connectivity index (χ0v) is 11.9. The van der Waals surface area contributed by atoms with Crippen molar-refractivity contribution in [1.82, 2.24) is 10.3 Å². The molecule has 2 N–H and O–H groups in total. The maximum atomic E-state index is 10.5. The van der Waals surface area contributed by atoms with E-state index < -0.39 is 5.97 Å². The van der Waals surface area contributed by atoms with Crippen molar-refractivity contribution >= 4 is 5.97 Å². The summed E-state index contributed by atoms with van der Waals surface area (Å²) in [6.07, 6.45) is 5.35. The Morgan fingerprint density at radius 2 is 1.71 bits per heavy atom. The molecule has 0 bridgehead atoms. The van der Waals surface area contributed by atoms with Crippen molar-refractivity contribution in [2.24, 2.45) is 0 Å². The first-order valence-corrected chi connectivity index (χ1v) is 7.17. The van der Waals surface area contributed by atoms with E-state index in [2.05, 4.69) is 22.4 Å². The van der Waals surface area contributed by atoms with Crippen LogP contribution >= 0.6 is 0 Å². The maximum Gasteiger partial charge on any atom is 0.303 e. The first-order valence-electron chi connectivity index (χ1n) is 7.17. The van der Waals surface area contributed by atoms with Crippen LogP contribution in [0.1, 0.15) is 36.4 Å². The van der Waals surface area contributed by atoms with Gasteiger partial charge in [0, 0.05) is 18.8 Å². The average molecular weight is 284 g/mol. The SMILES string of the molecule is O=C(O)CCCCNC(c1ccccc1)c1ccncc1. The third kappa shape index (κ3) is 5.00. The Morgan fingerprint density at radius 1 is 1.05 bits per heavy atom. The normalized spacial score (nSPS) is 12.0. The average Bonchev–Trinajstić information content (AvgIpc) is 2.52. The van der Waals surface area contributed by atoms with Crippen molar-refractivity contribution in [3.63, 3.8) is 0 Å². The van der Waals surface area contributed by atoms with E-state index in [-0.39, 0.29) is 12.5 Å². The summed E-state index contributed by atoms with van der Waals surface area (Å²) in [4.78, 5) is 14.6. The van der Waals surface area contributed by atoms with Gasteiger partial charge < -0.3 is 10.4 Å². The van der Waals surface area contributed by atoms with Crippen LogP contribution < -0.4 is 5.32 Å². The number of carboxylic acid groups (broad SMARTS) is 1. The number of benzene rings is 1. The van der Waals surface area contributed by atoms with Crippen molar-refractivity contribution in [2.75, 3.05) is 6.54 Å². The highest BCUT2D eigenvalue weighted by Gasteiger charge is 2.12. The lowest BCUT2D eigenvalue weighted by molar-refractivity contribution is -0.137. The lowest BCUT2D eigenvalue weighted by Gasteiger charge is -2.19. The molecule has 1 unspecified atom stereocenters. The summed E-state index contributed by atoms with van der Waals surface area (Å²) in [6, 6.07) is 14.3. The molecule has 21 heavy (non-hydrogen) atoms. The second-order valence-corrected chi connectivity index (χ2v) is 4.93. The molecule has 0 saturated heterocycles. The monoisotopic (exact) mass is 284 g/mol. The fourth-order valence-electron chi connectivity index (χ4n) is 2.28. The number of aromatic nitrogens is 1. The minimum atomic E-state index is -0.733. The molecule has 4 nitrogen and oxygen atoms in total. The molecule has 4 heteroatoms. The predicted molar refractivity (Wildman–Crippen MR) is 82.0 cm³/mol. The maximum absolute atomic E-state index is 10.5. The Kier molecular flexibility index (Phi) is 5.91. The van der Waals surface area contributed by atoms with Gasteiger partial charge >= 0.3 is 5.97 Å². The number of carboxylic acids is 1. The second kappa shape index (κ2) is 8.17. The minimum absolute atomic E-state index is 0.110. The highest BCUT2D eigenvalue weighted by molar-refractivity contribution is 5.66. The molecule has 0 aliphatic carbocycles. The van der Waals surface area contributed by atoms with E-state index in [4.69, 9.17) is 5.11 Å². The molecule has 0 aliphatic rings. The molecule has 1 heterocycles. The van der Waals surface area contributed by atoms with Crippen LogP contribution in [0, 0.1) is 0 Å². The van der Waals surface area contributed by atoms with Gasteiger partial charge in [-0.3, -0.25) is 9.78 Å². The molecule has 0 saturated carbocycles. The van der Waals surface area contributed by atoms with Crippen molar-refractivity contribution in [2.45, 2.75) is 25.3 Å². The first kappa shape index (κ1) is 15.2. The third-order valence-corrected chi connectivity index (χ3v) is 3.34. The van der Waals surface area contributed by atoms with Crippen molar-refractivity contribution in [1.29, 1.82) is 0 Å². The molecular formula is C17H20N2O2. The summed E-state index contributed by atoms with van der Waals surface area (Å²) >= 11 is 0. The number of rotatable bonds is 8. The van der Waals surface area contributed by atoms with Gasteiger partial charge in [-0.2, -0.15) is 0 Å². The minimum Gasteiger partial charge on any atom is -0.481 e. The number of nitrogens with zero attached hydrogens (tertiary/aromatic N) is 1. The topological polar surface area (TPSA) is 62.2 Å². The summed E-state index contributed by atoms with van der Waals surface area (Å²) in [5.74, 6) is -0.733. The van der Waals surface area contributed by atoms with Gasteiger partial charge in [0.25, 0.3) is 0 Å². The Morgan fingerprint density at radius 3 is 2.38 bits per heavy atom. The molecular weight excluding hydrogens is 264 g/mol. The molecule has 1 atom stereocenters. The van der Waals surface area contributed by atoms with Crippen LogP contribution in [0.5, 0.6) is 0 Å². The Hall–Kier alpha value is -2.20. The molecule has 2 aromatic rings. The lowest BCUT2D eigenvalue weighted by atomic mass is 9.99. The number of unbranched alkanes of at least 4 members (excludes halogenated alkanes) is 1.